The van der Waals surface area contributed by atoms with E-state index < -0.39 is 5.60 Å². The highest BCUT2D eigenvalue weighted by Gasteiger charge is 2.04. The van der Waals surface area contributed by atoms with E-state index in [1.807, 2.05) is 6.92 Å². The van der Waals surface area contributed by atoms with Crippen LogP contribution in [-0.2, 0) is 0 Å². The van der Waals surface area contributed by atoms with E-state index in [-0.39, 0.29) is 6.61 Å². The molecule has 0 amide bonds. The van der Waals surface area contributed by atoms with Crippen molar-refractivity contribution in [3.63, 3.8) is 0 Å². The molecule has 0 saturated heterocycles. The van der Waals surface area contributed by atoms with Crippen molar-refractivity contribution in [1.29, 1.82) is 0 Å². The standard InChI is InChI=1S/C9H16O2/c1-8(7-10)5-4-6-9(2,3)11/h4-6,10-11H,7H2,1-3H3/b6-4+,8-5-. The lowest BCUT2D eigenvalue weighted by atomic mass is 10.1. The predicted molar refractivity (Wildman–Crippen MR) is 46.3 cm³/mol. The molecule has 0 aromatic rings. The van der Waals surface area contributed by atoms with E-state index in [9.17, 15) is 5.11 Å². The van der Waals surface area contributed by atoms with Gasteiger partial charge in [-0.2, -0.15) is 0 Å². The van der Waals surface area contributed by atoms with Gasteiger partial charge in [-0.25, -0.2) is 0 Å². The monoisotopic (exact) mass is 156 g/mol. The summed E-state index contributed by atoms with van der Waals surface area (Å²) < 4.78 is 0. The molecule has 0 radical (unpaired) electrons. The van der Waals surface area contributed by atoms with E-state index in [1.54, 1.807) is 32.1 Å². The third kappa shape index (κ3) is 7.30. The fourth-order valence-corrected chi connectivity index (χ4v) is 0.501. The Morgan fingerprint density at radius 1 is 1.45 bits per heavy atom. The second-order valence-corrected chi connectivity index (χ2v) is 3.18. The maximum atomic E-state index is 9.22. The van der Waals surface area contributed by atoms with Gasteiger partial charge >= 0.3 is 0 Å². The summed E-state index contributed by atoms with van der Waals surface area (Å²) in [5.41, 5.74) is 0.109. The number of aliphatic hydroxyl groups is 2. The summed E-state index contributed by atoms with van der Waals surface area (Å²) in [5, 5.41) is 17.8. The van der Waals surface area contributed by atoms with E-state index in [2.05, 4.69) is 0 Å². The van der Waals surface area contributed by atoms with Crippen LogP contribution < -0.4 is 0 Å². The van der Waals surface area contributed by atoms with Crippen molar-refractivity contribution in [3.05, 3.63) is 23.8 Å². The van der Waals surface area contributed by atoms with Crippen LogP contribution in [-0.4, -0.2) is 22.4 Å². The van der Waals surface area contributed by atoms with Gasteiger partial charge in [-0.3, -0.25) is 0 Å². The van der Waals surface area contributed by atoms with Gasteiger partial charge in [0.1, 0.15) is 0 Å². The zero-order valence-electron chi connectivity index (χ0n) is 7.33. The van der Waals surface area contributed by atoms with Gasteiger partial charge in [-0.05, 0) is 26.3 Å². The zero-order valence-corrected chi connectivity index (χ0v) is 7.33. The molecule has 0 fully saturated rings. The number of hydrogen-bond acceptors (Lipinski definition) is 2. The topological polar surface area (TPSA) is 40.5 Å². The van der Waals surface area contributed by atoms with Crippen LogP contribution in [0.3, 0.4) is 0 Å². The fourth-order valence-electron chi connectivity index (χ4n) is 0.501. The highest BCUT2D eigenvalue weighted by atomic mass is 16.3. The number of rotatable bonds is 3. The normalized spacial score (nSPS) is 14.5. The molecular weight excluding hydrogens is 140 g/mol. The summed E-state index contributed by atoms with van der Waals surface area (Å²) in [6, 6.07) is 0. The molecule has 2 heteroatoms. The lowest BCUT2D eigenvalue weighted by Gasteiger charge is -2.09. The Kier molecular flexibility index (Phi) is 4.08. The Morgan fingerprint density at radius 3 is 2.36 bits per heavy atom. The quantitative estimate of drug-likeness (QED) is 0.604. The molecule has 11 heavy (non-hydrogen) atoms. The van der Waals surface area contributed by atoms with Gasteiger partial charge in [0.05, 0.1) is 12.2 Å². The van der Waals surface area contributed by atoms with Gasteiger partial charge < -0.3 is 10.2 Å². The third-order valence-corrected chi connectivity index (χ3v) is 1.13. The molecule has 0 heterocycles. The van der Waals surface area contributed by atoms with E-state index in [4.69, 9.17) is 5.11 Å². The Bertz CT molecular complexity index is 161. The minimum absolute atomic E-state index is 0.0657. The number of aliphatic hydroxyl groups excluding tert-OH is 1. The van der Waals surface area contributed by atoms with Crippen LogP contribution in [0.4, 0.5) is 0 Å². The first kappa shape index (κ1) is 10.4. The zero-order chi connectivity index (χ0) is 8.91. The molecule has 0 spiro atoms. The van der Waals surface area contributed by atoms with E-state index in [1.165, 1.54) is 0 Å². The van der Waals surface area contributed by atoms with Crippen LogP contribution in [0, 0.1) is 0 Å². The Hall–Kier alpha value is -0.600. The summed E-state index contributed by atoms with van der Waals surface area (Å²) in [6.45, 7) is 5.29. The number of hydrogen-bond donors (Lipinski definition) is 2. The Morgan fingerprint density at radius 2 is 2.00 bits per heavy atom. The molecule has 64 valence electrons. The van der Waals surface area contributed by atoms with Crippen LogP contribution in [0.5, 0.6) is 0 Å². The van der Waals surface area contributed by atoms with Gasteiger partial charge in [0.15, 0.2) is 0 Å². The maximum absolute atomic E-state index is 9.22. The first-order chi connectivity index (χ1) is 4.95. The van der Waals surface area contributed by atoms with Gasteiger partial charge in [0.25, 0.3) is 0 Å². The SMILES string of the molecule is C/C(=C/C=C/C(C)(C)O)CO. The van der Waals surface area contributed by atoms with Crippen LogP contribution in [0.1, 0.15) is 20.8 Å². The van der Waals surface area contributed by atoms with Crippen LogP contribution in [0.25, 0.3) is 0 Å². The smallest absolute Gasteiger partial charge is 0.0774 e. The third-order valence-electron chi connectivity index (χ3n) is 1.13. The second-order valence-electron chi connectivity index (χ2n) is 3.18. The van der Waals surface area contributed by atoms with Crippen molar-refractivity contribution >= 4 is 0 Å². The highest BCUT2D eigenvalue weighted by Crippen LogP contribution is 2.02. The average Bonchev–Trinajstić information content (AvgIpc) is 1.85. The van der Waals surface area contributed by atoms with Crippen LogP contribution >= 0.6 is 0 Å². The molecule has 0 rings (SSSR count). The molecule has 2 N–H and O–H groups in total. The van der Waals surface area contributed by atoms with Crippen LogP contribution in [0.15, 0.2) is 23.8 Å². The second kappa shape index (κ2) is 4.31. The van der Waals surface area contributed by atoms with Crippen molar-refractivity contribution in [2.75, 3.05) is 6.61 Å². The first-order valence-electron chi connectivity index (χ1n) is 3.64. The van der Waals surface area contributed by atoms with Crippen molar-refractivity contribution in [1.82, 2.24) is 0 Å². The first-order valence-corrected chi connectivity index (χ1v) is 3.64. The van der Waals surface area contributed by atoms with Crippen LogP contribution in [0.2, 0.25) is 0 Å². The molecule has 0 atom stereocenters. The molecule has 0 aromatic carbocycles. The van der Waals surface area contributed by atoms with E-state index >= 15 is 0 Å². The molecule has 0 aliphatic heterocycles. The van der Waals surface area contributed by atoms with E-state index in [0.29, 0.717) is 0 Å². The van der Waals surface area contributed by atoms with Gasteiger partial charge in [0, 0.05) is 0 Å². The Balaban J connectivity index is 3.96. The van der Waals surface area contributed by atoms with E-state index in [0.717, 1.165) is 5.57 Å². The van der Waals surface area contributed by atoms with Crippen molar-refractivity contribution in [2.24, 2.45) is 0 Å². The van der Waals surface area contributed by atoms with Gasteiger partial charge in [0.2, 0.25) is 0 Å². The maximum Gasteiger partial charge on any atom is 0.0774 e. The fraction of sp³-hybridized carbons (Fsp3) is 0.556. The molecule has 0 aromatic heterocycles. The Labute approximate surface area is 67.9 Å². The molecular formula is C9H16O2. The lowest BCUT2D eigenvalue weighted by Crippen LogP contribution is -2.13. The summed E-state index contributed by atoms with van der Waals surface area (Å²) in [6.07, 6.45) is 5.19. The number of allylic oxidation sites excluding steroid dienone is 2. The summed E-state index contributed by atoms with van der Waals surface area (Å²) in [5.74, 6) is 0. The minimum atomic E-state index is -0.772. The largest absolute Gasteiger partial charge is 0.392 e. The highest BCUT2D eigenvalue weighted by molar-refractivity contribution is 5.13. The van der Waals surface area contributed by atoms with Crippen molar-refractivity contribution < 1.29 is 10.2 Å². The summed E-state index contributed by atoms with van der Waals surface area (Å²) >= 11 is 0. The molecule has 0 bridgehead atoms. The molecule has 2 nitrogen and oxygen atoms in total. The minimum Gasteiger partial charge on any atom is -0.392 e. The predicted octanol–water partition coefficient (Wildman–Crippen LogP) is 1.25. The average molecular weight is 156 g/mol. The van der Waals surface area contributed by atoms with Crippen molar-refractivity contribution in [3.8, 4) is 0 Å². The molecule has 0 aliphatic carbocycles. The van der Waals surface area contributed by atoms with Gasteiger partial charge in [-0.1, -0.05) is 18.2 Å². The molecule has 0 saturated carbocycles. The van der Waals surface area contributed by atoms with Crippen molar-refractivity contribution in [2.45, 2.75) is 26.4 Å². The summed E-state index contributed by atoms with van der Waals surface area (Å²) in [4.78, 5) is 0. The lowest BCUT2D eigenvalue weighted by molar-refractivity contribution is 0.133. The molecule has 0 aliphatic rings. The summed E-state index contributed by atoms with van der Waals surface area (Å²) in [7, 11) is 0. The van der Waals surface area contributed by atoms with Gasteiger partial charge in [-0.15, -0.1) is 0 Å². The molecule has 0 unspecified atom stereocenters.